The molecule has 0 aromatic heterocycles. The fraction of sp³-hybridized carbons (Fsp3) is 0.400. The lowest BCUT2D eigenvalue weighted by Crippen LogP contribution is -2.30. The van der Waals surface area contributed by atoms with Crippen molar-refractivity contribution in [1.82, 2.24) is 5.32 Å². The Morgan fingerprint density at radius 3 is 2.32 bits per heavy atom. The number of nitrogens with zero attached hydrogens (tertiary/aromatic N) is 1. The summed E-state index contributed by atoms with van der Waals surface area (Å²) in [5.41, 5.74) is -0.321. The molecular formula is C15H20N2O5. The molecule has 0 heterocycles. The molecule has 0 radical (unpaired) electrons. The maximum absolute atomic E-state index is 11.1. The maximum atomic E-state index is 11.1. The second kappa shape index (κ2) is 9.23. The monoisotopic (exact) mass is 308 g/mol. The van der Waals surface area contributed by atoms with Gasteiger partial charge in [-0.15, -0.1) is 0 Å². The zero-order valence-electron chi connectivity index (χ0n) is 13.0. The van der Waals surface area contributed by atoms with Gasteiger partial charge in [0.05, 0.1) is 0 Å². The van der Waals surface area contributed by atoms with E-state index in [0.717, 1.165) is 0 Å². The van der Waals surface area contributed by atoms with E-state index >= 15 is 0 Å². The van der Waals surface area contributed by atoms with Crippen LogP contribution in [0.3, 0.4) is 0 Å². The van der Waals surface area contributed by atoms with E-state index in [1.807, 2.05) is 20.8 Å². The van der Waals surface area contributed by atoms with E-state index in [2.05, 4.69) is 10.1 Å². The number of phenolic OH excluding ortho intramolecular Hbond substituents is 1. The molecule has 7 nitrogen and oxygen atoms in total. The topological polar surface area (TPSA) is 109 Å². The molecule has 0 aliphatic rings. The first kappa shape index (κ1) is 19.2. The molecule has 1 amide bonds. The Hall–Kier alpha value is -2.75. The molecule has 1 aromatic carbocycles. The van der Waals surface area contributed by atoms with Crippen molar-refractivity contribution in [3.8, 4) is 11.8 Å². The molecule has 7 heteroatoms. The smallest absolute Gasteiger partial charge is 0.407 e. The van der Waals surface area contributed by atoms with Crippen molar-refractivity contribution >= 4 is 12.1 Å². The average molecular weight is 308 g/mol. The summed E-state index contributed by atoms with van der Waals surface area (Å²) in [6, 6.07) is 7.66. The number of hydrogen-bond acceptors (Lipinski definition) is 6. The molecule has 0 saturated heterocycles. The summed E-state index contributed by atoms with van der Waals surface area (Å²) in [5.74, 6) is -0.843. The van der Waals surface area contributed by atoms with E-state index in [4.69, 9.17) is 10.00 Å². The van der Waals surface area contributed by atoms with E-state index in [9.17, 15) is 14.7 Å². The van der Waals surface area contributed by atoms with Crippen LogP contribution in [0.15, 0.2) is 24.3 Å². The van der Waals surface area contributed by atoms with Crippen LogP contribution in [0.4, 0.5) is 4.79 Å². The lowest BCUT2D eigenvalue weighted by atomic mass is 10.2. The fourth-order valence-corrected chi connectivity index (χ4v) is 1.15. The maximum Gasteiger partial charge on any atom is 0.407 e. The molecule has 0 aliphatic carbocycles. The fourth-order valence-electron chi connectivity index (χ4n) is 1.15. The van der Waals surface area contributed by atoms with Crippen LogP contribution in [-0.2, 0) is 9.47 Å². The van der Waals surface area contributed by atoms with E-state index in [0.29, 0.717) is 0 Å². The zero-order valence-corrected chi connectivity index (χ0v) is 13.0. The number of rotatable bonds is 2. The van der Waals surface area contributed by atoms with Crippen molar-refractivity contribution in [2.45, 2.75) is 26.4 Å². The van der Waals surface area contributed by atoms with Crippen molar-refractivity contribution in [2.24, 2.45) is 0 Å². The van der Waals surface area contributed by atoms with Crippen molar-refractivity contribution in [1.29, 1.82) is 5.26 Å². The molecule has 0 spiro atoms. The molecule has 22 heavy (non-hydrogen) atoms. The van der Waals surface area contributed by atoms with Crippen molar-refractivity contribution in [3.63, 3.8) is 0 Å². The number of aromatic hydroxyl groups is 1. The first-order valence-corrected chi connectivity index (χ1v) is 6.44. The van der Waals surface area contributed by atoms with Crippen LogP contribution in [-0.4, -0.2) is 36.4 Å². The Bertz CT molecular complexity index is 544. The van der Waals surface area contributed by atoms with Crippen molar-refractivity contribution < 1.29 is 24.2 Å². The molecule has 2 N–H and O–H groups in total. The standard InChI is InChI=1S/C9H7NO3.C6H13NO2/c10-5-6-13-9(12)7-3-1-2-4-8(7)11;1-6(2,3)9-5(8)7-4/h1-4,11H,6H2;1-4H3,(H,7,8). The van der Waals surface area contributed by atoms with Gasteiger partial charge in [0.15, 0.2) is 6.61 Å². The molecule has 120 valence electrons. The third-order valence-electron chi connectivity index (χ3n) is 1.99. The van der Waals surface area contributed by atoms with Crippen LogP contribution in [0.25, 0.3) is 0 Å². The summed E-state index contributed by atoms with van der Waals surface area (Å²) < 4.78 is 9.33. The van der Waals surface area contributed by atoms with Gasteiger partial charge in [0.1, 0.15) is 23.0 Å². The number of nitriles is 1. The van der Waals surface area contributed by atoms with Gasteiger partial charge in [-0.2, -0.15) is 5.26 Å². The lowest BCUT2D eigenvalue weighted by Gasteiger charge is -2.18. The number of para-hydroxylation sites is 1. The number of phenols is 1. The van der Waals surface area contributed by atoms with Crippen molar-refractivity contribution in [2.75, 3.05) is 13.7 Å². The first-order valence-electron chi connectivity index (χ1n) is 6.44. The minimum absolute atomic E-state index is 0.0674. The Kier molecular flexibility index (Phi) is 8.08. The van der Waals surface area contributed by atoms with Crippen LogP contribution in [0.2, 0.25) is 0 Å². The summed E-state index contributed by atoms with van der Waals surface area (Å²) in [4.78, 5) is 21.6. The minimum Gasteiger partial charge on any atom is -0.507 e. The van der Waals surface area contributed by atoms with Gasteiger partial charge in [-0.05, 0) is 32.9 Å². The van der Waals surface area contributed by atoms with Gasteiger partial charge in [-0.1, -0.05) is 12.1 Å². The number of alkyl carbamates (subject to hydrolysis) is 1. The molecule has 1 rings (SSSR count). The normalized spacial score (nSPS) is 9.59. The Labute approximate surface area is 129 Å². The molecule has 0 bridgehead atoms. The largest absolute Gasteiger partial charge is 0.507 e. The number of hydrogen-bond donors (Lipinski definition) is 2. The second-order valence-electron chi connectivity index (χ2n) is 5.00. The number of carbonyl (C=O) groups is 2. The van der Waals surface area contributed by atoms with Gasteiger partial charge in [-0.25, -0.2) is 9.59 Å². The van der Waals surface area contributed by atoms with Crippen molar-refractivity contribution in [3.05, 3.63) is 29.8 Å². The van der Waals surface area contributed by atoms with Crippen LogP contribution in [0, 0.1) is 11.3 Å². The van der Waals surface area contributed by atoms with Gasteiger partial charge in [0, 0.05) is 7.05 Å². The van der Waals surface area contributed by atoms with Crippen LogP contribution >= 0.6 is 0 Å². The summed E-state index contributed by atoms with van der Waals surface area (Å²) in [6.07, 6.45) is -0.387. The van der Waals surface area contributed by atoms with Crippen LogP contribution < -0.4 is 5.32 Å². The SMILES string of the molecule is CNC(=O)OC(C)(C)C.N#CCOC(=O)c1ccccc1O. The first-order chi connectivity index (χ1) is 10.2. The molecule has 0 unspecified atom stereocenters. The summed E-state index contributed by atoms with van der Waals surface area (Å²) in [7, 11) is 1.54. The summed E-state index contributed by atoms with van der Waals surface area (Å²) in [6.45, 7) is 5.15. The van der Waals surface area contributed by atoms with Gasteiger partial charge >= 0.3 is 12.1 Å². The Morgan fingerprint density at radius 1 is 1.32 bits per heavy atom. The average Bonchev–Trinajstić information content (AvgIpc) is 2.44. The van der Waals surface area contributed by atoms with Gasteiger partial charge in [0.2, 0.25) is 0 Å². The minimum atomic E-state index is -0.695. The highest BCUT2D eigenvalue weighted by Gasteiger charge is 2.14. The molecule has 0 saturated carbocycles. The lowest BCUT2D eigenvalue weighted by molar-refractivity contribution is 0.0535. The van der Waals surface area contributed by atoms with E-state index in [1.54, 1.807) is 18.2 Å². The number of carbonyl (C=O) groups excluding carboxylic acids is 2. The summed E-state index contributed by atoms with van der Waals surface area (Å²) >= 11 is 0. The molecule has 0 aliphatic heterocycles. The zero-order chi connectivity index (χ0) is 17.2. The molecule has 0 atom stereocenters. The number of esters is 1. The quantitative estimate of drug-likeness (QED) is 0.811. The van der Waals surface area contributed by atoms with Crippen LogP contribution in [0.1, 0.15) is 31.1 Å². The van der Waals surface area contributed by atoms with E-state index in [-0.39, 0.29) is 29.6 Å². The third kappa shape index (κ3) is 8.43. The second-order valence-corrected chi connectivity index (χ2v) is 5.00. The summed E-state index contributed by atoms with van der Waals surface area (Å²) in [5, 5.41) is 19.7. The Morgan fingerprint density at radius 2 is 1.91 bits per heavy atom. The molecule has 1 aromatic rings. The number of ether oxygens (including phenoxy) is 2. The number of nitrogens with one attached hydrogen (secondary N) is 1. The highest BCUT2D eigenvalue weighted by molar-refractivity contribution is 5.92. The highest BCUT2D eigenvalue weighted by atomic mass is 16.6. The third-order valence-corrected chi connectivity index (χ3v) is 1.99. The Balaban J connectivity index is 0.000000433. The predicted octanol–water partition coefficient (Wildman–Crippen LogP) is 2.21. The van der Waals surface area contributed by atoms with Gasteiger partial charge in [-0.3, -0.25) is 0 Å². The molecule has 0 fully saturated rings. The van der Waals surface area contributed by atoms with E-state index in [1.165, 1.54) is 19.2 Å². The predicted molar refractivity (Wildman–Crippen MR) is 79.3 cm³/mol. The number of benzene rings is 1. The van der Waals surface area contributed by atoms with E-state index < -0.39 is 5.97 Å². The highest BCUT2D eigenvalue weighted by Crippen LogP contribution is 2.16. The number of amides is 1. The van der Waals surface area contributed by atoms with Gasteiger partial charge < -0.3 is 19.9 Å². The van der Waals surface area contributed by atoms with Crippen LogP contribution in [0.5, 0.6) is 5.75 Å². The molecular weight excluding hydrogens is 288 g/mol. The van der Waals surface area contributed by atoms with Gasteiger partial charge in [0.25, 0.3) is 0 Å².